The topological polar surface area (TPSA) is 72.2 Å². The van der Waals surface area contributed by atoms with Gasteiger partial charge in [0.25, 0.3) is 0 Å². The monoisotopic (exact) mass is 352 g/mol. The molecule has 0 aromatic heterocycles. The molecule has 7 heteroatoms. The Kier molecular flexibility index (Phi) is 4.45. The summed E-state index contributed by atoms with van der Waals surface area (Å²) in [6.07, 6.45) is 2.93. The Hall–Kier alpha value is -2.15. The summed E-state index contributed by atoms with van der Waals surface area (Å²) in [6.45, 7) is 0. The van der Waals surface area contributed by atoms with Gasteiger partial charge in [-0.15, -0.1) is 0 Å². The van der Waals surface area contributed by atoms with Crippen molar-refractivity contribution >= 4 is 21.2 Å². The number of halogens is 2. The van der Waals surface area contributed by atoms with Gasteiger partial charge >= 0.3 is 5.76 Å². The Labute approximate surface area is 139 Å². The lowest BCUT2D eigenvalue weighted by molar-refractivity contribution is 0.234. The van der Waals surface area contributed by atoms with E-state index < -0.39 is 15.6 Å². The smallest absolute Gasteiger partial charge is 0.341 e. The van der Waals surface area contributed by atoms with E-state index in [-0.39, 0.29) is 10.9 Å². The van der Waals surface area contributed by atoms with Gasteiger partial charge in [-0.2, -0.15) is 8.78 Å². The normalized spacial score (nSPS) is 17.5. The van der Waals surface area contributed by atoms with E-state index in [2.05, 4.69) is 5.32 Å². The van der Waals surface area contributed by atoms with Gasteiger partial charge in [0.1, 0.15) is 0 Å². The predicted octanol–water partition coefficient (Wildman–Crippen LogP) is 3.75. The van der Waals surface area contributed by atoms with Gasteiger partial charge in [0, 0.05) is 11.4 Å². The van der Waals surface area contributed by atoms with E-state index in [1.807, 2.05) is 18.2 Å². The van der Waals surface area contributed by atoms with Crippen LogP contribution >= 0.6 is 0 Å². The summed E-state index contributed by atoms with van der Waals surface area (Å²) in [7, 11) is -4.56. The maximum Gasteiger partial charge on any atom is 0.341 e. The second kappa shape index (κ2) is 6.39. The number of anilines is 2. The molecule has 3 rings (SSSR count). The van der Waals surface area contributed by atoms with Gasteiger partial charge in [-0.05, 0) is 66.8 Å². The van der Waals surface area contributed by atoms with E-state index in [4.69, 9.17) is 5.73 Å². The molecular formula is C17H18F2N2O2S. The summed E-state index contributed by atoms with van der Waals surface area (Å²) in [6, 6.07) is 11.4. The quantitative estimate of drug-likeness (QED) is 0.822. The highest BCUT2D eigenvalue weighted by atomic mass is 32.2. The van der Waals surface area contributed by atoms with Crippen molar-refractivity contribution in [1.82, 2.24) is 0 Å². The molecule has 0 bridgehead atoms. The molecular weight excluding hydrogens is 334 g/mol. The first kappa shape index (κ1) is 16.7. The lowest BCUT2D eigenvalue weighted by atomic mass is 9.87. The fraction of sp³-hybridized carbons (Fsp3) is 0.294. The number of rotatable bonds is 4. The third-order valence-corrected chi connectivity index (χ3v) is 5.64. The Morgan fingerprint density at radius 1 is 1.12 bits per heavy atom. The Morgan fingerprint density at radius 2 is 1.83 bits per heavy atom. The molecule has 1 unspecified atom stereocenters. The molecule has 4 nitrogen and oxygen atoms in total. The van der Waals surface area contributed by atoms with Crippen LogP contribution in [0.25, 0.3) is 0 Å². The minimum Gasteiger partial charge on any atom is -0.399 e. The fourth-order valence-corrected chi connectivity index (χ4v) is 3.75. The van der Waals surface area contributed by atoms with E-state index in [9.17, 15) is 17.2 Å². The van der Waals surface area contributed by atoms with Crippen molar-refractivity contribution in [1.29, 1.82) is 0 Å². The fourth-order valence-electron chi connectivity index (χ4n) is 3.03. The van der Waals surface area contributed by atoms with Crippen molar-refractivity contribution in [3.63, 3.8) is 0 Å². The van der Waals surface area contributed by atoms with Crippen LogP contribution in [0.3, 0.4) is 0 Å². The molecule has 0 radical (unpaired) electrons. The standard InChI is InChI=1S/C17H18F2N2O2S/c18-17(19)24(22,23)14-7-5-13(6-8-14)21-16-3-1-2-11-10-12(20)4-9-15(11)16/h4-10,16-17,21H,1-3,20H2. The molecule has 0 spiro atoms. The van der Waals surface area contributed by atoms with Crippen LogP contribution in [0.15, 0.2) is 47.4 Å². The van der Waals surface area contributed by atoms with E-state index in [1.165, 1.54) is 35.4 Å². The Bertz CT molecular complexity index is 836. The lowest BCUT2D eigenvalue weighted by Gasteiger charge is -2.27. The van der Waals surface area contributed by atoms with Crippen molar-refractivity contribution in [2.24, 2.45) is 0 Å². The van der Waals surface area contributed by atoms with Gasteiger partial charge in [0.15, 0.2) is 0 Å². The Morgan fingerprint density at radius 3 is 2.50 bits per heavy atom. The van der Waals surface area contributed by atoms with Crippen LogP contribution in [0.5, 0.6) is 0 Å². The van der Waals surface area contributed by atoms with Gasteiger partial charge in [0.2, 0.25) is 9.84 Å². The third kappa shape index (κ3) is 3.21. The number of benzene rings is 2. The zero-order valence-electron chi connectivity index (χ0n) is 12.9. The minimum atomic E-state index is -4.56. The van der Waals surface area contributed by atoms with Gasteiger partial charge in [-0.3, -0.25) is 0 Å². The molecule has 0 saturated heterocycles. The molecule has 2 aromatic rings. The molecule has 24 heavy (non-hydrogen) atoms. The van der Waals surface area contributed by atoms with E-state index in [0.29, 0.717) is 5.69 Å². The number of hydrogen-bond acceptors (Lipinski definition) is 4. The molecule has 0 aliphatic heterocycles. The molecule has 2 aromatic carbocycles. The van der Waals surface area contributed by atoms with Crippen molar-refractivity contribution in [3.05, 3.63) is 53.6 Å². The minimum absolute atomic E-state index is 0.0897. The molecule has 0 amide bonds. The van der Waals surface area contributed by atoms with Gasteiger partial charge in [0.05, 0.1) is 10.9 Å². The average Bonchev–Trinajstić information content (AvgIpc) is 2.55. The SMILES string of the molecule is Nc1ccc2c(c1)CCCC2Nc1ccc(S(=O)(=O)C(F)F)cc1. The van der Waals surface area contributed by atoms with E-state index in [0.717, 1.165) is 24.9 Å². The van der Waals surface area contributed by atoms with Crippen LogP contribution in [0.2, 0.25) is 0 Å². The number of fused-ring (bicyclic) bond motifs is 1. The highest BCUT2D eigenvalue weighted by molar-refractivity contribution is 7.91. The van der Waals surface area contributed by atoms with Gasteiger partial charge in [-0.1, -0.05) is 6.07 Å². The van der Waals surface area contributed by atoms with Crippen molar-refractivity contribution in [3.8, 4) is 0 Å². The van der Waals surface area contributed by atoms with Crippen molar-refractivity contribution in [2.45, 2.75) is 36.0 Å². The summed E-state index contributed by atoms with van der Waals surface area (Å²) in [5.74, 6) is -3.41. The zero-order chi connectivity index (χ0) is 17.3. The molecule has 0 fully saturated rings. The molecule has 128 valence electrons. The maximum atomic E-state index is 12.6. The number of nitrogen functional groups attached to an aromatic ring is 1. The highest BCUT2D eigenvalue weighted by Crippen LogP contribution is 2.33. The first-order chi connectivity index (χ1) is 11.4. The second-order valence-electron chi connectivity index (χ2n) is 5.88. The second-order valence-corrected chi connectivity index (χ2v) is 7.80. The lowest BCUT2D eigenvalue weighted by Crippen LogP contribution is -2.17. The zero-order valence-corrected chi connectivity index (χ0v) is 13.7. The van der Waals surface area contributed by atoms with E-state index >= 15 is 0 Å². The summed E-state index contributed by atoms with van der Waals surface area (Å²) in [5.41, 5.74) is 9.62. The van der Waals surface area contributed by atoms with Gasteiger partial charge < -0.3 is 11.1 Å². The predicted molar refractivity (Wildman–Crippen MR) is 89.8 cm³/mol. The molecule has 3 N–H and O–H groups in total. The van der Waals surface area contributed by atoms with Crippen LogP contribution in [-0.4, -0.2) is 14.2 Å². The van der Waals surface area contributed by atoms with Crippen LogP contribution in [0.4, 0.5) is 20.2 Å². The summed E-state index contributed by atoms with van der Waals surface area (Å²) in [5, 5.41) is 3.34. The number of nitrogens with one attached hydrogen (secondary N) is 1. The summed E-state index contributed by atoms with van der Waals surface area (Å²) in [4.78, 5) is -0.375. The van der Waals surface area contributed by atoms with E-state index in [1.54, 1.807) is 0 Å². The summed E-state index contributed by atoms with van der Waals surface area (Å²) >= 11 is 0. The molecule has 1 atom stereocenters. The number of nitrogens with two attached hydrogens (primary N) is 1. The average molecular weight is 352 g/mol. The van der Waals surface area contributed by atoms with Crippen LogP contribution < -0.4 is 11.1 Å². The first-order valence-corrected chi connectivity index (χ1v) is 9.19. The highest BCUT2D eigenvalue weighted by Gasteiger charge is 2.26. The maximum absolute atomic E-state index is 12.6. The summed E-state index contributed by atoms with van der Waals surface area (Å²) < 4.78 is 48.0. The van der Waals surface area contributed by atoms with Crippen LogP contribution in [0, 0.1) is 0 Å². The van der Waals surface area contributed by atoms with Crippen LogP contribution in [0.1, 0.15) is 30.0 Å². The van der Waals surface area contributed by atoms with Gasteiger partial charge in [-0.25, -0.2) is 8.42 Å². The number of hydrogen-bond donors (Lipinski definition) is 2. The third-order valence-electron chi connectivity index (χ3n) is 4.24. The van der Waals surface area contributed by atoms with Crippen LogP contribution in [-0.2, 0) is 16.3 Å². The van der Waals surface area contributed by atoms with Crippen molar-refractivity contribution < 1.29 is 17.2 Å². The molecule has 1 aliphatic rings. The Balaban J connectivity index is 1.81. The largest absolute Gasteiger partial charge is 0.399 e. The van der Waals surface area contributed by atoms with Crippen molar-refractivity contribution in [2.75, 3.05) is 11.1 Å². The number of alkyl halides is 2. The first-order valence-electron chi connectivity index (χ1n) is 7.65. The molecule has 0 saturated carbocycles. The number of aryl methyl sites for hydroxylation is 1. The molecule has 1 aliphatic carbocycles. The molecule has 0 heterocycles. The number of sulfone groups is 1.